The predicted molar refractivity (Wildman–Crippen MR) is 95.2 cm³/mol. The number of amides is 1. The van der Waals surface area contributed by atoms with E-state index in [1.807, 2.05) is 36.4 Å². The van der Waals surface area contributed by atoms with Gasteiger partial charge in [0.1, 0.15) is 19.0 Å². The van der Waals surface area contributed by atoms with E-state index in [2.05, 4.69) is 5.32 Å². The van der Waals surface area contributed by atoms with Crippen LogP contribution in [0.1, 0.15) is 5.56 Å². The molecule has 1 amide bonds. The highest BCUT2D eigenvalue weighted by Crippen LogP contribution is 2.32. The molecule has 0 fully saturated rings. The number of fused-ring (bicyclic) bond motifs is 1. The Kier molecular flexibility index (Phi) is 5.48. The van der Waals surface area contributed by atoms with E-state index in [1.165, 1.54) is 0 Å². The average molecular weight is 345 g/mol. The monoisotopic (exact) mass is 345 g/mol. The highest BCUT2D eigenvalue weighted by molar-refractivity contribution is 7.99. The fraction of sp³-hybridized carbons (Fsp3) is 0.278. The van der Waals surface area contributed by atoms with Gasteiger partial charge in [-0.3, -0.25) is 4.79 Å². The maximum Gasteiger partial charge on any atom is 0.234 e. The van der Waals surface area contributed by atoms with E-state index < -0.39 is 0 Å². The van der Waals surface area contributed by atoms with Crippen molar-refractivity contribution >= 4 is 23.4 Å². The Morgan fingerprint density at radius 1 is 1.12 bits per heavy atom. The molecular weight excluding hydrogens is 326 g/mol. The summed E-state index contributed by atoms with van der Waals surface area (Å²) in [5.41, 5.74) is 1.88. The van der Waals surface area contributed by atoms with E-state index in [0.717, 1.165) is 17.1 Å². The number of carbonyl (C=O) groups is 1. The van der Waals surface area contributed by atoms with Crippen LogP contribution in [0.5, 0.6) is 17.2 Å². The van der Waals surface area contributed by atoms with Crippen molar-refractivity contribution in [3.05, 3.63) is 48.0 Å². The first kappa shape index (κ1) is 16.5. The summed E-state index contributed by atoms with van der Waals surface area (Å²) in [6, 6.07) is 13.3. The van der Waals surface area contributed by atoms with E-state index in [1.54, 1.807) is 24.9 Å². The van der Waals surface area contributed by atoms with Gasteiger partial charge < -0.3 is 19.5 Å². The van der Waals surface area contributed by atoms with Gasteiger partial charge in [-0.15, -0.1) is 11.8 Å². The van der Waals surface area contributed by atoms with Crippen molar-refractivity contribution in [2.45, 2.75) is 5.75 Å². The van der Waals surface area contributed by atoms with Gasteiger partial charge in [-0.1, -0.05) is 12.1 Å². The number of benzene rings is 2. The molecule has 2 aromatic carbocycles. The molecular formula is C18H19NO4S. The van der Waals surface area contributed by atoms with Gasteiger partial charge in [-0.2, -0.15) is 0 Å². The molecule has 24 heavy (non-hydrogen) atoms. The summed E-state index contributed by atoms with van der Waals surface area (Å²) in [6.07, 6.45) is 0. The Bertz CT molecular complexity index is 703. The first-order valence-electron chi connectivity index (χ1n) is 7.65. The number of ether oxygens (including phenoxy) is 3. The van der Waals surface area contributed by atoms with Crippen LogP contribution in [0, 0.1) is 0 Å². The quantitative estimate of drug-likeness (QED) is 0.870. The number of thioether (sulfide) groups is 1. The Labute approximate surface area is 145 Å². The molecule has 1 aliphatic rings. The van der Waals surface area contributed by atoms with E-state index in [-0.39, 0.29) is 5.91 Å². The van der Waals surface area contributed by atoms with Crippen LogP contribution in [0.15, 0.2) is 42.5 Å². The number of carbonyl (C=O) groups excluding carboxylic acids is 1. The molecule has 1 aliphatic heterocycles. The fourth-order valence-corrected chi connectivity index (χ4v) is 3.09. The molecule has 0 unspecified atom stereocenters. The van der Waals surface area contributed by atoms with E-state index in [0.29, 0.717) is 36.2 Å². The van der Waals surface area contributed by atoms with Crippen molar-refractivity contribution in [3.63, 3.8) is 0 Å². The minimum atomic E-state index is -0.0369. The SMILES string of the molecule is COc1ccc(CSCC(=O)Nc2ccc3c(c2)OCCO3)cc1. The number of rotatable bonds is 6. The van der Waals surface area contributed by atoms with Crippen LogP contribution >= 0.6 is 11.8 Å². The molecule has 0 aromatic heterocycles. The highest BCUT2D eigenvalue weighted by atomic mass is 32.2. The Morgan fingerprint density at radius 3 is 2.62 bits per heavy atom. The summed E-state index contributed by atoms with van der Waals surface area (Å²) in [7, 11) is 1.64. The van der Waals surface area contributed by atoms with Gasteiger partial charge >= 0.3 is 0 Å². The van der Waals surface area contributed by atoms with Gasteiger partial charge in [0.2, 0.25) is 5.91 Å². The molecule has 5 nitrogen and oxygen atoms in total. The van der Waals surface area contributed by atoms with Gasteiger partial charge in [-0.05, 0) is 29.8 Å². The highest BCUT2D eigenvalue weighted by Gasteiger charge is 2.12. The lowest BCUT2D eigenvalue weighted by Crippen LogP contribution is -2.17. The molecule has 0 spiro atoms. The summed E-state index contributed by atoms with van der Waals surface area (Å²) >= 11 is 1.57. The second kappa shape index (κ2) is 7.97. The predicted octanol–water partition coefficient (Wildman–Crippen LogP) is 3.34. The summed E-state index contributed by atoms with van der Waals surface area (Å²) in [5, 5.41) is 2.88. The van der Waals surface area contributed by atoms with Gasteiger partial charge in [0.05, 0.1) is 12.9 Å². The molecule has 0 radical (unpaired) electrons. The molecule has 126 valence electrons. The lowest BCUT2D eigenvalue weighted by Gasteiger charge is -2.19. The molecule has 0 saturated carbocycles. The molecule has 0 atom stereocenters. The number of anilines is 1. The molecule has 6 heteroatoms. The third-order valence-corrected chi connectivity index (χ3v) is 4.49. The lowest BCUT2D eigenvalue weighted by molar-refractivity contribution is -0.113. The molecule has 3 rings (SSSR count). The topological polar surface area (TPSA) is 56.8 Å². The first-order chi connectivity index (χ1) is 11.7. The van der Waals surface area contributed by atoms with Crippen LogP contribution in [0.25, 0.3) is 0 Å². The van der Waals surface area contributed by atoms with Crippen molar-refractivity contribution in [1.29, 1.82) is 0 Å². The molecule has 2 aromatic rings. The molecule has 1 heterocycles. The van der Waals surface area contributed by atoms with Crippen molar-refractivity contribution < 1.29 is 19.0 Å². The van der Waals surface area contributed by atoms with Crippen LogP contribution in [-0.2, 0) is 10.5 Å². The van der Waals surface area contributed by atoms with Crippen LogP contribution in [0.4, 0.5) is 5.69 Å². The average Bonchev–Trinajstić information content (AvgIpc) is 2.62. The molecule has 1 N–H and O–H groups in total. The summed E-state index contributed by atoms with van der Waals surface area (Å²) in [6.45, 7) is 1.09. The Hall–Kier alpha value is -2.34. The zero-order chi connectivity index (χ0) is 16.8. The van der Waals surface area contributed by atoms with Gasteiger partial charge in [-0.25, -0.2) is 0 Å². The van der Waals surface area contributed by atoms with Crippen molar-refractivity contribution in [2.24, 2.45) is 0 Å². The summed E-state index contributed by atoms with van der Waals surface area (Å²) in [5.74, 6) is 3.35. The van der Waals surface area contributed by atoms with Gasteiger partial charge in [0, 0.05) is 17.5 Å². The summed E-state index contributed by atoms with van der Waals surface area (Å²) in [4.78, 5) is 12.0. The molecule has 0 aliphatic carbocycles. The van der Waals surface area contributed by atoms with Crippen molar-refractivity contribution in [1.82, 2.24) is 0 Å². The molecule has 0 saturated heterocycles. The third kappa shape index (κ3) is 4.35. The maximum absolute atomic E-state index is 12.0. The number of hydrogen-bond donors (Lipinski definition) is 1. The Balaban J connectivity index is 1.47. The largest absolute Gasteiger partial charge is 0.497 e. The summed E-state index contributed by atoms with van der Waals surface area (Å²) < 4.78 is 16.1. The standard InChI is InChI=1S/C18H19NO4S/c1-21-15-5-2-13(3-6-15)11-24-12-18(20)19-14-4-7-16-17(10-14)23-9-8-22-16/h2-7,10H,8-9,11-12H2,1H3,(H,19,20). The van der Waals surface area contributed by atoms with Crippen LogP contribution in [0.3, 0.4) is 0 Å². The van der Waals surface area contributed by atoms with E-state index in [4.69, 9.17) is 14.2 Å². The fourth-order valence-electron chi connectivity index (χ4n) is 2.30. The first-order valence-corrected chi connectivity index (χ1v) is 8.80. The zero-order valence-electron chi connectivity index (χ0n) is 13.4. The Morgan fingerprint density at radius 2 is 1.88 bits per heavy atom. The lowest BCUT2D eigenvalue weighted by atomic mass is 10.2. The van der Waals surface area contributed by atoms with Crippen LogP contribution in [0.2, 0.25) is 0 Å². The number of hydrogen-bond acceptors (Lipinski definition) is 5. The third-order valence-electron chi connectivity index (χ3n) is 3.49. The van der Waals surface area contributed by atoms with Crippen LogP contribution in [-0.4, -0.2) is 32.0 Å². The van der Waals surface area contributed by atoms with Gasteiger partial charge in [0.15, 0.2) is 11.5 Å². The molecule has 0 bridgehead atoms. The number of nitrogens with one attached hydrogen (secondary N) is 1. The number of methoxy groups -OCH3 is 1. The minimum absolute atomic E-state index is 0.0369. The van der Waals surface area contributed by atoms with Gasteiger partial charge in [0.25, 0.3) is 0 Å². The van der Waals surface area contributed by atoms with E-state index in [9.17, 15) is 4.79 Å². The second-order valence-electron chi connectivity index (χ2n) is 5.25. The maximum atomic E-state index is 12.0. The zero-order valence-corrected chi connectivity index (χ0v) is 14.2. The van der Waals surface area contributed by atoms with Crippen molar-refractivity contribution in [3.8, 4) is 17.2 Å². The van der Waals surface area contributed by atoms with Crippen molar-refractivity contribution in [2.75, 3.05) is 31.4 Å². The second-order valence-corrected chi connectivity index (χ2v) is 6.23. The normalized spacial score (nSPS) is 12.5. The minimum Gasteiger partial charge on any atom is -0.497 e. The smallest absolute Gasteiger partial charge is 0.234 e. The van der Waals surface area contributed by atoms with E-state index >= 15 is 0 Å². The van der Waals surface area contributed by atoms with Crippen LogP contribution < -0.4 is 19.5 Å².